The van der Waals surface area contributed by atoms with Gasteiger partial charge in [-0.25, -0.2) is 0 Å². The van der Waals surface area contributed by atoms with Crippen molar-refractivity contribution in [3.63, 3.8) is 0 Å². The summed E-state index contributed by atoms with van der Waals surface area (Å²) >= 11 is 0. The number of aliphatic hydroxyl groups excluding tert-OH is 1. The van der Waals surface area contributed by atoms with Crippen LogP contribution in [0, 0.1) is 0 Å². The molecule has 1 aromatic rings. The molecule has 1 aliphatic rings. The Kier molecular flexibility index (Phi) is 4.49. The maximum absolute atomic E-state index is 12.0. The number of anilines is 1. The fourth-order valence-corrected chi connectivity index (χ4v) is 2.03. The molecule has 1 heterocycles. The number of benzene rings is 1. The average Bonchev–Trinajstić information content (AvgIpc) is 2.68. The molecule has 1 aromatic carbocycles. The third kappa shape index (κ3) is 3.04. The van der Waals surface area contributed by atoms with E-state index in [0.717, 1.165) is 22.7 Å². The van der Waals surface area contributed by atoms with E-state index < -0.39 is 11.8 Å². The molecule has 0 bridgehead atoms. The first-order chi connectivity index (χ1) is 9.65. The van der Waals surface area contributed by atoms with Crippen molar-refractivity contribution in [2.45, 2.75) is 6.54 Å². The second-order valence-electron chi connectivity index (χ2n) is 4.43. The Balaban J connectivity index is 2.11. The zero-order chi connectivity index (χ0) is 14.5. The van der Waals surface area contributed by atoms with Crippen LogP contribution in [-0.4, -0.2) is 42.0 Å². The molecule has 0 saturated carbocycles. The normalized spacial score (nSPS) is 14.7. The number of rotatable bonds is 6. The van der Waals surface area contributed by atoms with Gasteiger partial charge in [-0.1, -0.05) is 12.1 Å². The molecule has 2 rings (SSSR count). The number of amides is 2. The highest BCUT2D eigenvalue weighted by molar-refractivity contribution is 6.17. The minimum absolute atomic E-state index is 0.0130. The smallest absolute Gasteiger partial charge is 0.277 e. The molecule has 6 nitrogen and oxygen atoms in total. The molecule has 3 N–H and O–H groups in total. The standard InChI is InChI=1S/C14H17N3O3/c1-15-9-10-3-2-4-11(7-10)16-12-8-13(19)17(5-6-18)14(12)20/h2-4,7-8,15-16,18H,5-6,9H2,1H3. The number of carbonyl (C=O) groups excluding carboxylic acids is 2. The third-order valence-electron chi connectivity index (χ3n) is 2.92. The number of aliphatic hydroxyl groups is 1. The summed E-state index contributed by atoms with van der Waals surface area (Å²) in [4.78, 5) is 24.6. The molecule has 0 radical (unpaired) electrons. The molecule has 0 aliphatic carbocycles. The molecule has 106 valence electrons. The van der Waals surface area contributed by atoms with E-state index in [1.54, 1.807) is 0 Å². The Hall–Kier alpha value is -2.18. The summed E-state index contributed by atoms with van der Waals surface area (Å²) < 4.78 is 0. The highest BCUT2D eigenvalue weighted by Crippen LogP contribution is 2.18. The largest absolute Gasteiger partial charge is 0.395 e. The van der Waals surface area contributed by atoms with Crippen molar-refractivity contribution >= 4 is 17.5 Å². The molecule has 20 heavy (non-hydrogen) atoms. The zero-order valence-electron chi connectivity index (χ0n) is 11.2. The molecule has 0 saturated heterocycles. The van der Waals surface area contributed by atoms with Crippen molar-refractivity contribution < 1.29 is 14.7 Å². The van der Waals surface area contributed by atoms with Gasteiger partial charge in [-0.3, -0.25) is 14.5 Å². The third-order valence-corrected chi connectivity index (χ3v) is 2.92. The number of nitrogens with one attached hydrogen (secondary N) is 2. The predicted octanol–water partition coefficient (Wildman–Crippen LogP) is 0.0629. The number of carbonyl (C=O) groups is 2. The van der Waals surface area contributed by atoms with Crippen LogP contribution in [0.4, 0.5) is 5.69 Å². The van der Waals surface area contributed by atoms with Crippen LogP contribution in [0.3, 0.4) is 0 Å². The van der Waals surface area contributed by atoms with Gasteiger partial charge >= 0.3 is 0 Å². The summed E-state index contributed by atoms with van der Waals surface area (Å²) in [6, 6.07) is 7.58. The highest BCUT2D eigenvalue weighted by Gasteiger charge is 2.30. The van der Waals surface area contributed by atoms with E-state index in [1.807, 2.05) is 31.3 Å². The lowest BCUT2D eigenvalue weighted by Gasteiger charge is -2.13. The topological polar surface area (TPSA) is 81.7 Å². The van der Waals surface area contributed by atoms with Gasteiger partial charge in [0.05, 0.1) is 13.2 Å². The van der Waals surface area contributed by atoms with Gasteiger partial charge in [0.1, 0.15) is 5.70 Å². The van der Waals surface area contributed by atoms with Crippen molar-refractivity contribution in [3.05, 3.63) is 41.6 Å². The molecular formula is C14H17N3O3. The predicted molar refractivity (Wildman–Crippen MR) is 74.7 cm³/mol. The summed E-state index contributed by atoms with van der Waals surface area (Å²) in [5, 5.41) is 14.8. The molecule has 2 amide bonds. The fourth-order valence-electron chi connectivity index (χ4n) is 2.03. The van der Waals surface area contributed by atoms with Crippen LogP contribution in [-0.2, 0) is 16.1 Å². The Labute approximate surface area is 117 Å². The summed E-state index contributed by atoms with van der Waals surface area (Å²) in [7, 11) is 1.86. The number of hydrogen-bond acceptors (Lipinski definition) is 5. The zero-order valence-corrected chi connectivity index (χ0v) is 11.2. The Morgan fingerprint density at radius 1 is 1.30 bits per heavy atom. The summed E-state index contributed by atoms with van der Waals surface area (Å²) in [6.45, 7) is 0.494. The molecular weight excluding hydrogens is 258 g/mol. The van der Waals surface area contributed by atoms with E-state index in [-0.39, 0.29) is 18.8 Å². The quantitative estimate of drug-likeness (QED) is 0.640. The Bertz CT molecular complexity index is 554. The number of imide groups is 1. The lowest BCUT2D eigenvalue weighted by atomic mass is 10.2. The van der Waals surface area contributed by atoms with Crippen molar-refractivity contribution in [1.29, 1.82) is 0 Å². The lowest BCUT2D eigenvalue weighted by molar-refractivity contribution is -0.137. The number of β-amino-alcohol motifs (C(OH)–C–C–N with tert-alkyl or cyclic N) is 1. The van der Waals surface area contributed by atoms with Gasteiger partial charge in [0.15, 0.2) is 0 Å². The molecule has 0 atom stereocenters. The molecule has 0 unspecified atom stereocenters. The maximum atomic E-state index is 12.0. The van der Waals surface area contributed by atoms with Crippen LogP contribution in [0.25, 0.3) is 0 Å². The summed E-state index contributed by atoms with van der Waals surface area (Å²) in [6.07, 6.45) is 1.25. The molecule has 0 aromatic heterocycles. The second kappa shape index (κ2) is 6.31. The van der Waals surface area contributed by atoms with Gasteiger partial charge < -0.3 is 15.7 Å². The van der Waals surface area contributed by atoms with Crippen molar-refractivity contribution in [2.24, 2.45) is 0 Å². The van der Waals surface area contributed by atoms with E-state index in [1.165, 1.54) is 6.08 Å². The minimum atomic E-state index is -0.414. The first-order valence-electron chi connectivity index (χ1n) is 6.34. The number of hydrogen-bond donors (Lipinski definition) is 3. The fraction of sp³-hybridized carbons (Fsp3) is 0.286. The van der Waals surface area contributed by atoms with Gasteiger partial charge in [-0.2, -0.15) is 0 Å². The van der Waals surface area contributed by atoms with E-state index >= 15 is 0 Å². The minimum Gasteiger partial charge on any atom is -0.395 e. The van der Waals surface area contributed by atoms with Gasteiger partial charge in [0.25, 0.3) is 11.8 Å². The first kappa shape index (κ1) is 14.2. The number of nitrogens with zero attached hydrogens (tertiary/aromatic N) is 1. The summed E-state index contributed by atoms with van der Waals surface area (Å²) in [5.74, 6) is -0.819. The van der Waals surface area contributed by atoms with Crippen LogP contribution in [0.15, 0.2) is 36.0 Å². The Morgan fingerprint density at radius 2 is 2.10 bits per heavy atom. The van der Waals surface area contributed by atoms with Crippen LogP contribution < -0.4 is 10.6 Å². The van der Waals surface area contributed by atoms with E-state index in [9.17, 15) is 9.59 Å². The van der Waals surface area contributed by atoms with Crippen molar-refractivity contribution in [2.75, 3.05) is 25.5 Å². The molecule has 0 fully saturated rings. The second-order valence-corrected chi connectivity index (χ2v) is 4.43. The molecule has 6 heteroatoms. The average molecular weight is 275 g/mol. The van der Waals surface area contributed by atoms with E-state index in [2.05, 4.69) is 10.6 Å². The molecule has 1 aliphatic heterocycles. The summed E-state index contributed by atoms with van der Waals surface area (Å²) in [5.41, 5.74) is 2.04. The highest BCUT2D eigenvalue weighted by atomic mass is 16.3. The van der Waals surface area contributed by atoms with Gasteiger partial charge in [-0.05, 0) is 24.7 Å². The van der Waals surface area contributed by atoms with E-state index in [4.69, 9.17) is 5.11 Å². The van der Waals surface area contributed by atoms with Crippen LogP contribution in [0.5, 0.6) is 0 Å². The van der Waals surface area contributed by atoms with Gasteiger partial charge in [0, 0.05) is 18.3 Å². The first-order valence-corrected chi connectivity index (χ1v) is 6.34. The van der Waals surface area contributed by atoms with Gasteiger partial charge in [-0.15, -0.1) is 0 Å². The van der Waals surface area contributed by atoms with Crippen LogP contribution >= 0.6 is 0 Å². The monoisotopic (exact) mass is 275 g/mol. The lowest BCUT2D eigenvalue weighted by Crippen LogP contribution is -2.34. The Morgan fingerprint density at radius 3 is 2.80 bits per heavy atom. The SMILES string of the molecule is CNCc1cccc(NC2=CC(=O)N(CCO)C2=O)c1. The van der Waals surface area contributed by atoms with Gasteiger partial charge in [0.2, 0.25) is 0 Å². The van der Waals surface area contributed by atoms with E-state index in [0.29, 0.717) is 0 Å². The van der Waals surface area contributed by atoms with Crippen LogP contribution in [0.2, 0.25) is 0 Å². The van der Waals surface area contributed by atoms with Crippen molar-refractivity contribution in [1.82, 2.24) is 10.2 Å². The van der Waals surface area contributed by atoms with Crippen molar-refractivity contribution in [3.8, 4) is 0 Å². The molecule has 0 spiro atoms. The van der Waals surface area contributed by atoms with Crippen LogP contribution in [0.1, 0.15) is 5.56 Å². The maximum Gasteiger partial charge on any atom is 0.277 e.